The summed E-state index contributed by atoms with van der Waals surface area (Å²) in [7, 11) is 0. The van der Waals surface area contributed by atoms with Crippen molar-refractivity contribution in [1.82, 2.24) is 30.3 Å². The van der Waals surface area contributed by atoms with E-state index in [1.807, 2.05) is 19.1 Å². The number of alkyl halides is 2. The van der Waals surface area contributed by atoms with Crippen molar-refractivity contribution in [3.63, 3.8) is 0 Å². The van der Waals surface area contributed by atoms with E-state index in [1.165, 1.54) is 11.0 Å². The van der Waals surface area contributed by atoms with Crippen LogP contribution in [0.5, 0.6) is 0 Å². The number of nitrogens with zero attached hydrogens (tertiary/aromatic N) is 4. The van der Waals surface area contributed by atoms with Gasteiger partial charge in [-0.25, -0.2) is 22.4 Å². The molecule has 2 N–H and O–H groups in total. The van der Waals surface area contributed by atoms with E-state index in [4.69, 9.17) is 0 Å². The van der Waals surface area contributed by atoms with Crippen molar-refractivity contribution in [3.05, 3.63) is 70.7 Å². The van der Waals surface area contributed by atoms with E-state index in [9.17, 15) is 22.4 Å². The molecule has 0 unspecified atom stereocenters. The van der Waals surface area contributed by atoms with E-state index in [-0.39, 0.29) is 25.2 Å². The summed E-state index contributed by atoms with van der Waals surface area (Å²) in [6, 6.07) is 5.85. The number of carbonyl (C=O) groups is 1. The molecule has 11 heteroatoms. The molecule has 0 radical (unpaired) electrons. The normalized spacial score (nSPS) is 19.7. The van der Waals surface area contributed by atoms with Gasteiger partial charge in [-0.15, -0.1) is 0 Å². The Kier molecular flexibility index (Phi) is 6.42. The molecule has 0 spiro atoms. The van der Waals surface area contributed by atoms with Crippen LogP contribution in [-0.2, 0) is 19.5 Å². The van der Waals surface area contributed by atoms with Gasteiger partial charge in [0.25, 0.3) is 5.92 Å². The molecule has 36 heavy (non-hydrogen) atoms. The number of amides is 2. The summed E-state index contributed by atoms with van der Waals surface area (Å²) < 4.78 is 57.2. The van der Waals surface area contributed by atoms with Gasteiger partial charge in [0.1, 0.15) is 11.6 Å². The van der Waals surface area contributed by atoms with E-state index in [0.717, 1.165) is 40.3 Å². The fourth-order valence-corrected chi connectivity index (χ4v) is 4.98. The maximum atomic E-state index is 14.5. The van der Waals surface area contributed by atoms with Gasteiger partial charge in [-0.2, -0.15) is 5.10 Å². The third kappa shape index (κ3) is 5.06. The van der Waals surface area contributed by atoms with Gasteiger partial charge in [0.05, 0.1) is 18.8 Å². The number of aromatic nitrogens is 3. The molecular weight excluding hydrogens is 476 g/mol. The molecule has 1 fully saturated rings. The van der Waals surface area contributed by atoms with Crippen LogP contribution in [0.4, 0.5) is 22.4 Å². The Morgan fingerprint density at radius 3 is 2.78 bits per heavy atom. The molecule has 1 atom stereocenters. The second-order valence-electron chi connectivity index (χ2n) is 9.46. The minimum atomic E-state index is -3.11. The Balaban J connectivity index is 1.28. The first-order valence-corrected chi connectivity index (χ1v) is 11.8. The molecule has 4 heterocycles. The number of aromatic amines is 1. The molecule has 2 aromatic heterocycles. The van der Waals surface area contributed by atoms with E-state index in [0.29, 0.717) is 13.0 Å². The number of hydrogen-bond acceptors (Lipinski definition) is 4. The molecule has 1 saturated heterocycles. The van der Waals surface area contributed by atoms with E-state index in [1.54, 1.807) is 11.1 Å². The molecule has 2 aliphatic rings. The van der Waals surface area contributed by atoms with Crippen LogP contribution in [-0.4, -0.2) is 62.6 Å². The number of nitrogens with one attached hydrogen (secondary N) is 2. The molecule has 5 rings (SSSR count). The number of H-pyrrole nitrogens is 1. The number of urea groups is 1. The summed E-state index contributed by atoms with van der Waals surface area (Å²) in [6.07, 6.45) is 1.71. The van der Waals surface area contributed by atoms with Crippen molar-refractivity contribution in [2.45, 2.75) is 44.8 Å². The van der Waals surface area contributed by atoms with Crippen LogP contribution in [0.15, 0.2) is 36.5 Å². The fourth-order valence-electron chi connectivity index (χ4n) is 4.98. The quantitative estimate of drug-likeness (QED) is 0.528. The van der Waals surface area contributed by atoms with Crippen molar-refractivity contribution in [3.8, 4) is 11.3 Å². The minimum Gasteiger partial charge on any atom is -0.334 e. The van der Waals surface area contributed by atoms with Crippen molar-refractivity contribution >= 4 is 6.03 Å². The third-order valence-corrected chi connectivity index (χ3v) is 6.64. The topological polar surface area (TPSA) is 77.2 Å². The Hall–Kier alpha value is -3.47. The lowest BCUT2D eigenvalue weighted by Crippen LogP contribution is -2.57. The van der Waals surface area contributed by atoms with Gasteiger partial charge in [-0.3, -0.25) is 15.0 Å². The van der Waals surface area contributed by atoms with Crippen LogP contribution in [0, 0.1) is 18.6 Å². The summed E-state index contributed by atoms with van der Waals surface area (Å²) in [5.74, 6) is -4.67. The second kappa shape index (κ2) is 9.53. The maximum Gasteiger partial charge on any atom is 0.317 e. The van der Waals surface area contributed by atoms with Crippen LogP contribution in [0.25, 0.3) is 11.3 Å². The molecule has 2 aliphatic heterocycles. The molecule has 0 aliphatic carbocycles. The zero-order valence-electron chi connectivity index (χ0n) is 19.7. The predicted octanol–water partition coefficient (Wildman–Crippen LogP) is 4.04. The van der Waals surface area contributed by atoms with Gasteiger partial charge >= 0.3 is 6.03 Å². The van der Waals surface area contributed by atoms with Gasteiger partial charge in [0.15, 0.2) is 0 Å². The van der Waals surface area contributed by atoms with Gasteiger partial charge in [0.2, 0.25) is 0 Å². The number of pyridine rings is 1. The zero-order chi connectivity index (χ0) is 25.4. The molecule has 0 bridgehead atoms. The number of carbonyl (C=O) groups excluding carboxylic acids is 1. The average Bonchev–Trinajstić information content (AvgIpc) is 3.24. The van der Waals surface area contributed by atoms with Crippen LogP contribution < -0.4 is 5.32 Å². The lowest BCUT2D eigenvalue weighted by Gasteiger charge is -2.39. The number of halogens is 4. The molecular formula is C25H26F4N6O. The average molecular weight is 503 g/mol. The Labute approximate surface area is 205 Å². The number of aryl methyl sites for hydroxylation is 1. The molecule has 0 saturated carbocycles. The predicted molar refractivity (Wildman–Crippen MR) is 124 cm³/mol. The van der Waals surface area contributed by atoms with Gasteiger partial charge in [-0.1, -0.05) is 6.07 Å². The van der Waals surface area contributed by atoms with E-state index < -0.39 is 42.6 Å². The maximum absolute atomic E-state index is 14.5. The summed E-state index contributed by atoms with van der Waals surface area (Å²) in [5, 5.41) is 10.2. The Bertz CT molecular complexity index is 1260. The highest BCUT2D eigenvalue weighted by atomic mass is 19.3. The Morgan fingerprint density at radius 2 is 2.03 bits per heavy atom. The Morgan fingerprint density at radius 1 is 1.25 bits per heavy atom. The van der Waals surface area contributed by atoms with Crippen LogP contribution in [0.3, 0.4) is 0 Å². The number of likely N-dealkylation sites (tertiary alicyclic amines) is 1. The SMILES string of the molecule is Cc1cc(-c2n[nH]c3c2CN(C(=O)N[C@H]2CN(Cc4c(F)cccc4F)CC(F)(F)C2)CC3)ccn1. The highest BCUT2D eigenvalue weighted by molar-refractivity contribution is 5.76. The van der Waals surface area contributed by atoms with E-state index in [2.05, 4.69) is 20.5 Å². The highest BCUT2D eigenvalue weighted by Gasteiger charge is 2.41. The van der Waals surface area contributed by atoms with Crippen molar-refractivity contribution in [2.24, 2.45) is 0 Å². The summed E-state index contributed by atoms with van der Waals surface area (Å²) in [5.41, 5.74) is 4.01. The van der Waals surface area contributed by atoms with Crippen molar-refractivity contribution in [1.29, 1.82) is 0 Å². The first-order chi connectivity index (χ1) is 17.2. The lowest BCUT2D eigenvalue weighted by molar-refractivity contribution is -0.0765. The standard InChI is InChI=1S/C25H26F4N6O/c1-15-9-16(5-7-30-15)23-19-13-35(8-6-22(19)32-33-23)24(36)31-17-10-25(28,29)14-34(11-17)12-18-20(26)3-2-4-21(18)27/h2-5,7,9,17H,6,8,10-14H2,1H3,(H,31,36)(H,32,33)/t17-/m1/s1. The van der Waals surface area contributed by atoms with Gasteiger partial charge < -0.3 is 10.2 Å². The number of benzene rings is 1. The van der Waals surface area contributed by atoms with Crippen LogP contribution in [0.2, 0.25) is 0 Å². The van der Waals surface area contributed by atoms with Crippen LogP contribution >= 0.6 is 0 Å². The van der Waals surface area contributed by atoms with Gasteiger partial charge in [0, 0.05) is 72.8 Å². The lowest BCUT2D eigenvalue weighted by atomic mass is 10.0. The smallest absolute Gasteiger partial charge is 0.317 e. The number of piperidine rings is 1. The van der Waals surface area contributed by atoms with Crippen molar-refractivity contribution in [2.75, 3.05) is 19.6 Å². The fraction of sp³-hybridized carbons (Fsp3) is 0.400. The first-order valence-electron chi connectivity index (χ1n) is 11.8. The zero-order valence-corrected chi connectivity index (χ0v) is 19.7. The van der Waals surface area contributed by atoms with Crippen LogP contribution in [0.1, 0.15) is 28.9 Å². The number of fused-ring (bicyclic) bond motifs is 1. The highest BCUT2D eigenvalue weighted by Crippen LogP contribution is 2.31. The molecule has 7 nitrogen and oxygen atoms in total. The largest absolute Gasteiger partial charge is 0.334 e. The number of hydrogen-bond donors (Lipinski definition) is 2. The second-order valence-corrected chi connectivity index (χ2v) is 9.46. The minimum absolute atomic E-state index is 0.0570. The van der Waals surface area contributed by atoms with E-state index >= 15 is 0 Å². The molecule has 2 amide bonds. The van der Waals surface area contributed by atoms with Gasteiger partial charge in [-0.05, 0) is 31.2 Å². The summed E-state index contributed by atoms with van der Waals surface area (Å²) in [4.78, 5) is 20.1. The summed E-state index contributed by atoms with van der Waals surface area (Å²) in [6.45, 7) is 1.68. The summed E-state index contributed by atoms with van der Waals surface area (Å²) >= 11 is 0. The third-order valence-electron chi connectivity index (χ3n) is 6.64. The number of rotatable bonds is 4. The molecule has 3 aromatic rings. The first kappa shape index (κ1) is 24.2. The molecule has 1 aromatic carbocycles. The monoisotopic (exact) mass is 502 g/mol. The van der Waals surface area contributed by atoms with Crippen molar-refractivity contribution < 1.29 is 22.4 Å². The molecule has 190 valence electrons.